The number of hydrogen-bond donors (Lipinski definition) is 1. The molecule has 0 spiro atoms. The van der Waals surface area contributed by atoms with Crippen molar-refractivity contribution in [1.82, 2.24) is 9.78 Å². The average molecular weight is 280 g/mol. The molecule has 0 aliphatic rings. The van der Waals surface area contributed by atoms with Gasteiger partial charge in [-0.05, 0) is 31.0 Å². The highest BCUT2D eigenvalue weighted by Gasteiger charge is 2.16. The average Bonchev–Trinajstić information content (AvgIpc) is 2.80. The lowest BCUT2D eigenvalue weighted by Crippen LogP contribution is -2.18. The van der Waals surface area contributed by atoms with E-state index in [2.05, 4.69) is 5.10 Å². The quantitative estimate of drug-likeness (QED) is 0.916. The summed E-state index contributed by atoms with van der Waals surface area (Å²) in [5, 5.41) is 4.84. The van der Waals surface area contributed by atoms with E-state index in [1.165, 1.54) is 0 Å². The Kier molecular flexibility index (Phi) is 4.45. The Bertz CT molecular complexity index is 536. The molecule has 2 N–H and O–H groups in total. The molecule has 2 rings (SSSR count). The Labute approximate surface area is 118 Å². The summed E-state index contributed by atoms with van der Waals surface area (Å²) in [4.78, 5) is 0. The Morgan fingerprint density at radius 1 is 1.37 bits per heavy atom. The molecule has 0 amide bonds. The van der Waals surface area contributed by atoms with Crippen molar-refractivity contribution in [1.29, 1.82) is 0 Å². The minimum atomic E-state index is -0.164. The van der Waals surface area contributed by atoms with Crippen LogP contribution in [0.3, 0.4) is 0 Å². The third-order valence-corrected chi connectivity index (χ3v) is 3.39. The minimum Gasteiger partial charge on any atom is -0.497 e. The van der Waals surface area contributed by atoms with Crippen molar-refractivity contribution < 1.29 is 4.74 Å². The zero-order valence-corrected chi connectivity index (χ0v) is 11.9. The fourth-order valence-corrected chi connectivity index (χ4v) is 2.39. The lowest BCUT2D eigenvalue weighted by Gasteiger charge is -2.14. The van der Waals surface area contributed by atoms with Crippen LogP contribution in [0.2, 0.25) is 5.02 Å². The van der Waals surface area contributed by atoms with Gasteiger partial charge in [-0.3, -0.25) is 4.68 Å². The topological polar surface area (TPSA) is 53.1 Å². The summed E-state index contributed by atoms with van der Waals surface area (Å²) in [6.45, 7) is 2.78. The number of nitrogens with two attached hydrogens (primary N) is 1. The molecule has 1 unspecified atom stereocenters. The number of nitrogens with zero attached hydrogens (tertiary/aromatic N) is 2. The SMILES string of the molecule is CCn1ncc(Cl)c1C(N)Cc1ccc(OC)cc1. The lowest BCUT2D eigenvalue weighted by molar-refractivity contribution is 0.414. The number of aryl methyl sites for hydroxylation is 1. The predicted octanol–water partition coefficient (Wildman–Crippen LogP) is 2.81. The van der Waals surface area contributed by atoms with Crippen LogP contribution in [0.4, 0.5) is 0 Å². The smallest absolute Gasteiger partial charge is 0.118 e. The Hall–Kier alpha value is -1.52. The van der Waals surface area contributed by atoms with Crippen LogP contribution >= 0.6 is 11.6 Å². The van der Waals surface area contributed by atoms with Crippen molar-refractivity contribution in [3.63, 3.8) is 0 Å². The molecule has 0 saturated carbocycles. The molecule has 102 valence electrons. The van der Waals surface area contributed by atoms with Crippen molar-refractivity contribution >= 4 is 11.6 Å². The lowest BCUT2D eigenvalue weighted by atomic mass is 10.0. The third kappa shape index (κ3) is 3.08. The van der Waals surface area contributed by atoms with Crippen molar-refractivity contribution in [3.8, 4) is 5.75 Å². The first-order valence-corrected chi connectivity index (χ1v) is 6.63. The van der Waals surface area contributed by atoms with E-state index >= 15 is 0 Å². The molecule has 2 aromatic rings. The van der Waals surface area contributed by atoms with Gasteiger partial charge in [0.05, 0.1) is 30.1 Å². The van der Waals surface area contributed by atoms with Gasteiger partial charge in [-0.2, -0.15) is 5.10 Å². The highest BCUT2D eigenvalue weighted by atomic mass is 35.5. The molecule has 1 aromatic heterocycles. The number of hydrogen-bond acceptors (Lipinski definition) is 3. The van der Waals surface area contributed by atoms with Crippen LogP contribution in [0, 0.1) is 0 Å². The maximum absolute atomic E-state index is 6.24. The van der Waals surface area contributed by atoms with Crippen LogP contribution in [0.25, 0.3) is 0 Å². The first kappa shape index (κ1) is 13.9. The van der Waals surface area contributed by atoms with E-state index in [-0.39, 0.29) is 6.04 Å². The summed E-state index contributed by atoms with van der Waals surface area (Å²) in [6.07, 6.45) is 2.36. The number of ether oxygens (including phenoxy) is 1. The number of rotatable bonds is 5. The first-order chi connectivity index (χ1) is 9.15. The monoisotopic (exact) mass is 279 g/mol. The molecule has 0 saturated heterocycles. The zero-order chi connectivity index (χ0) is 13.8. The fourth-order valence-electron chi connectivity index (χ4n) is 2.10. The highest BCUT2D eigenvalue weighted by Crippen LogP contribution is 2.24. The van der Waals surface area contributed by atoms with E-state index in [4.69, 9.17) is 22.1 Å². The highest BCUT2D eigenvalue weighted by molar-refractivity contribution is 6.31. The van der Waals surface area contributed by atoms with Gasteiger partial charge in [0.1, 0.15) is 5.75 Å². The summed E-state index contributed by atoms with van der Waals surface area (Å²) in [7, 11) is 1.65. The molecule has 5 heteroatoms. The van der Waals surface area contributed by atoms with Gasteiger partial charge >= 0.3 is 0 Å². The predicted molar refractivity (Wildman–Crippen MR) is 76.5 cm³/mol. The molecule has 4 nitrogen and oxygen atoms in total. The molecule has 1 heterocycles. The van der Waals surface area contributed by atoms with Crippen molar-refractivity contribution in [2.45, 2.75) is 25.9 Å². The van der Waals surface area contributed by atoms with Gasteiger partial charge in [0.25, 0.3) is 0 Å². The van der Waals surface area contributed by atoms with Crippen molar-refractivity contribution in [2.75, 3.05) is 7.11 Å². The van der Waals surface area contributed by atoms with Gasteiger partial charge in [0, 0.05) is 6.54 Å². The van der Waals surface area contributed by atoms with Gasteiger partial charge < -0.3 is 10.5 Å². The summed E-state index contributed by atoms with van der Waals surface area (Å²) in [5.41, 5.74) is 8.28. The number of benzene rings is 1. The van der Waals surface area contributed by atoms with Gasteiger partial charge in [-0.25, -0.2) is 0 Å². The first-order valence-electron chi connectivity index (χ1n) is 6.25. The number of halogens is 1. The van der Waals surface area contributed by atoms with Crippen LogP contribution in [-0.2, 0) is 13.0 Å². The molecule has 0 fully saturated rings. The van der Waals surface area contributed by atoms with Gasteiger partial charge in [-0.15, -0.1) is 0 Å². The van der Waals surface area contributed by atoms with E-state index in [1.807, 2.05) is 35.9 Å². The molecule has 19 heavy (non-hydrogen) atoms. The van der Waals surface area contributed by atoms with Gasteiger partial charge in [-0.1, -0.05) is 23.7 Å². The van der Waals surface area contributed by atoms with Crippen molar-refractivity contribution in [3.05, 3.63) is 46.7 Å². The van der Waals surface area contributed by atoms with Crippen LogP contribution in [0.1, 0.15) is 24.2 Å². The van der Waals surface area contributed by atoms with Crippen LogP contribution < -0.4 is 10.5 Å². The molecule has 1 aromatic carbocycles. The normalized spacial score (nSPS) is 12.4. The molecule has 0 bridgehead atoms. The van der Waals surface area contributed by atoms with E-state index in [0.29, 0.717) is 5.02 Å². The fraction of sp³-hybridized carbons (Fsp3) is 0.357. The Morgan fingerprint density at radius 2 is 2.05 bits per heavy atom. The standard InChI is InChI=1S/C14H18ClN3O/c1-3-18-14(12(15)9-17-18)13(16)8-10-4-6-11(19-2)7-5-10/h4-7,9,13H,3,8,16H2,1-2H3. The summed E-state index contributed by atoms with van der Waals surface area (Å²) in [6, 6.07) is 7.73. The number of aromatic nitrogens is 2. The van der Waals surface area contributed by atoms with E-state index < -0.39 is 0 Å². The molecule has 0 radical (unpaired) electrons. The largest absolute Gasteiger partial charge is 0.497 e. The van der Waals surface area contributed by atoms with Gasteiger partial charge in [0.2, 0.25) is 0 Å². The second-order valence-electron chi connectivity index (χ2n) is 4.35. The van der Waals surface area contributed by atoms with E-state index in [9.17, 15) is 0 Å². The third-order valence-electron chi connectivity index (χ3n) is 3.10. The molecule has 1 atom stereocenters. The molecule has 0 aliphatic heterocycles. The molecular formula is C14H18ClN3O. The Balaban J connectivity index is 2.15. The maximum Gasteiger partial charge on any atom is 0.118 e. The van der Waals surface area contributed by atoms with E-state index in [1.54, 1.807) is 13.3 Å². The summed E-state index contributed by atoms with van der Waals surface area (Å²) < 4.78 is 6.98. The molecule has 0 aliphatic carbocycles. The van der Waals surface area contributed by atoms with Crippen LogP contribution in [0.15, 0.2) is 30.5 Å². The molecular weight excluding hydrogens is 262 g/mol. The van der Waals surface area contributed by atoms with Gasteiger partial charge in [0.15, 0.2) is 0 Å². The second-order valence-corrected chi connectivity index (χ2v) is 4.76. The zero-order valence-electron chi connectivity index (χ0n) is 11.1. The van der Waals surface area contributed by atoms with E-state index in [0.717, 1.165) is 30.0 Å². The van der Waals surface area contributed by atoms with Crippen LogP contribution in [-0.4, -0.2) is 16.9 Å². The number of methoxy groups -OCH3 is 1. The maximum atomic E-state index is 6.24. The summed E-state index contributed by atoms with van der Waals surface area (Å²) >= 11 is 6.15. The van der Waals surface area contributed by atoms with Crippen molar-refractivity contribution in [2.24, 2.45) is 5.73 Å². The second kappa shape index (κ2) is 6.08. The Morgan fingerprint density at radius 3 is 2.63 bits per heavy atom. The van der Waals surface area contributed by atoms with Crippen LogP contribution in [0.5, 0.6) is 5.75 Å². The summed E-state index contributed by atoms with van der Waals surface area (Å²) in [5.74, 6) is 0.842. The minimum absolute atomic E-state index is 0.164.